The lowest BCUT2D eigenvalue weighted by atomic mass is 10.0. The van der Waals surface area contributed by atoms with Gasteiger partial charge in [0.05, 0.1) is 22.8 Å². The summed E-state index contributed by atoms with van der Waals surface area (Å²) in [6.07, 6.45) is 2.25. The average Bonchev–Trinajstić information content (AvgIpc) is 3.36. The van der Waals surface area contributed by atoms with Crippen LogP contribution in [0.25, 0.3) is 22.4 Å². The van der Waals surface area contributed by atoms with Crippen molar-refractivity contribution in [2.24, 2.45) is 0 Å². The van der Waals surface area contributed by atoms with Gasteiger partial charge >= 0.3 is 0 Å². The molecule has 2 aromatic heterocycles. The lowest BCUT2D eigenvalue weighted by Crippen LogP contribution is -2.45. The first-order chi connectivity index (χ1) is 18.8. The first kappa shape index (κ1) is 29.6. The van der Waals surface area contributed by atoms with Gasteiger partial charge in [-0.05, 0) is 61.2 Å². The average molecular weight is 634 g/mol. The zero-order valence-corrected chi connectivity index (χ0v) is 24.2. The number of alkyl halides is 1. The Morgan fingerprint density at radius 3 is 2.75 bits per heavy atom. The Kier molecular flexibility index (Phi) is 9.49. The van der Waals surface area contributed by atoms with Crippen LogP contribution in [-0.4, -0.2) is 58.3 Å². The van der Waals surface area contributed by atoms with E-state index >= 15 is 0 Å². The van der Waals surface area contributed by atoms with E-state index in [-0.39, 0.29) is 30.6 Å². The van der Waals surface area contributed by atoms with E-state index in [4.69, 9.17) is 4.98 Å². The number of hydrogen-bond acceptors (Lipinski definition) is 6. The predicted octanol–water partition coefficient (Wildman–Crippen LogP) is 4.61. The molecule has 1 fully saturated rings. The fourth-order valence-corrected chi connectivity index (χ4v) is 5.44. The zero-order valence-electron chi connectivity index (χ0n) is 21.8. The number of hydrogen-bond donors (Lipinski definition) is 5. The van der Waals surface area contributed by atoms with Crippen LogP contribution in [0, 0.1) is 6.92 Å². The van der Waals surface area contributed by atoms with Crippen LogP contribution in [0.1, 0.15) is 30.1 Å². The number of halogens is 3. The third-order valence-electron chi connectivity index (χ3n) is 7.03. The number of carbonyl (C=O) groups is 1. The Morgan fingerprint density at radius 1 is 1.25 bits per heavy atom. The van der Waals surface area contributed by atoms with Crippen LogP contribution >= 0.6 is 28.3 Å². The van der Waals surface area contributed by atoms with Crippen LogP contribution in [0.5, 0.6) is 0 Å². The number of aromatic amines is 2. The smallest absolute Gasteiger partial charge is 0.261 e. The van der Waals surface area contributed by atoms with Crippen molar-refractivity contribution in [1.29, 1.82) is 0 Å². The molecule has 5 N–H and O–H groups in total. The highest BCUT2D eigenvalue weighted by Gasteiger charge is 2.22. The van der Waals surface area contributed by atoms with Crippen molar-refractivity contribution in [2.45, 2.75) is 31.9 Å². The van der Waals surface area contributed by atoms with Crippen LogP contribution < -0.4 is 21.1 Å². The Hall–Kier alpha value is -3.41. The quantitative estimate of drug-likeness (QED) is 0.193. The molecule has 0 spiro atoms. The summed E-state index contributed by atoms with van der Waals surface area (Å²) >= 11 is 3.42. The molecule has 212 valence electrons. The second-order valence-corrected chi connectivity index (χ2v) is 10.7. The summed E-state index contributed by atoms with van der Waals surface area (Å²) < 4.78 is 13.4. The van der Waals surface area contributed by atoms with Gasteiger partial charge in [-0.1, -0.05) is 28.1 Å². The topological polar surface area (TPSA) is 126 Å². The number of nitrogens with zero attached hydrogens (tertiary/aromatic N) is 2. The van der Waals surface area contributed by atoms with Gasteiger partial charge in [-0.3, -0.25) is 9.59 Å². The van der Waals surface area contributed by atoms with Gasteiger partial charge in [-0.25, -0.2) is 9.37 Å². The Bertz CT molecular complexity index is 1550. The summed E-state index contributed by atoms with van der Waals surface area (Å²) in [5.41, 5.74) is 4.92. The molecule has 1 aliphatic heterocycles. The molecule has 0 aliphatic carbocycles. The van der Waals surface area contributed by atoms with Gasteiger partial charge in [0.1, 0.15) is 11.4 Å². The van der Waals surface area contributed by atoms with E-state index in [1.807, 2.05) is 37.3 Å². The maximum absolute atomic E-state index is 12.9. The minimum absolute atomic E-state index is 0. The molecule has 0 unspecified atom stereocenters. The van der Waals surface area contributed by atoms with Crippen LogP contribution in [0.2, 0.25) is 0 Å². The maximum atomic E-state index is 12.9. The maximum Gasteiger partial charge on any atom is 0.261 e. The lowest BCUT2D eigenvalue weighted by molar-refractivity contribution is -0.122. The molecule has 4 aromatic rings. The molecular weight excluding hydrogens is 603 g/mol. The molecule has 40 heavy (non-hydrogen) atoms. The fourth-order valence-electron chi connectivity index (χ4n) is 5.02. The third-order valence-corrected chi connectivity index (χ3v) is 7.52. The van der Waals surface area contributed by atoms with Crippen LogP contribution in [0.3, 0.4) is 0 Å². The number of aliphatic hydroxyl groups is 1. The number of imidazole rings is 1. The summed E-state index contributed by atoms with van der Waals surface area (Å²) in [5, 5.41) is 16.6. The first-order valence-corrected chi connectivity index (χ1v) is 13.6. The normalized spacial score (nSPS) is 14.6. The number of nitrogens with one attached hydrogen (secondary N) is 4. The molecule has 0 bridgehead atoms. The SMILES string of the molecule is Cc1cc(N2CCC(NC(=O)CF)CC2)cc2[nH]c(-c3c(NC[C@@H](O)c4cccc(Br)c4)cc[nH]c3=O)nc12.Cl. The number of aliphatic hydroxyl groups excluding tert-OH is 1. The largest absolute Gasteiger partial charge is 0.387 e. The molecule has 0 radical (unpaired) electrons. The number of piperidine rings is 1. The molecule has 0 saturated carbocycles. The summed E-state index contributed by atoms with van der Waals surface area (Å²) in [4.78, 5) is 37.3. The molecule has 3 heterocycles. The molecule has 2 aromatic carbocycles. The van der Waals surface area contributed by atoms with E-state index in [0.717, 1.165) is 58.3 Å². The number of aromatic nitrogens is 3. The van der Waals surface area contributed by atoms with Gasteiger partial charge in [-0.15, -0.1) is 12.4 Å². The van der Waals surface area contributed by atoms with Crippen LogP contribution in [-0.2, 0) is 4.79 Å². The standard InChI is InChI=1S/C28H30BrFN6O3.ClH/c1-16-11-20(36-9-6-19(7-10-36)33-24(38)14-30)13-22-26(16)35-27(34-22)25-21(5-8-31-28(25)39)32-15-23(37)17-3-2-4-18(29)12-17;/h2-5,8,11-13,19,23,37H,6-7,9-10,14-15H2,1H3,(H,33,38)(H,34,35)(H2,31,32,39);1H/t23-;/m1./s1. The Balaban J connectivity index is 0.00000370. The van der Waals surface area contributed by atoms with Gasteiger partial charge in [0.25, 0.3) is 11.5 Å². The summed E-state index contributed by atoms with van der Waals surface area (Å²) in [6, 6.07) is 13.3. The number of aryl methyl sites for hydroxylation is 1. The van der Waals surface area contributed by atoms with Gasteiger partial charge in [0, 0.05) is 42.0 Å². The lowest BCUT2D eigenvalue weighted by Gasteiger charge is -2.34. The van der Waals surface area contributed by atoms with Crippen molar-refractivity contribution in [3.63, 3.8) is 0 Å². The number of fused-ring (bicyclic) bond motifs is 1. The van der Waals surface area contributed by atoms with E-state index in [0.29, 0.717) is 17.1 Å². The molecular formula is C28H31BrClFN6O3. The second kappa shape index (κ2) is 12.8. The minimum Gasteiger partial charge on any atom is -0.387 e. The summed E-state index contributed by atoms with van der Waals surface area (Å²) in [6.45, 7) is 2.66. The minimum atomic E-state index is -0.995. The molecule has 5 rings (SSSR count). The molecule has 1 aliphatic rings. The highest BCUT2D eigenvalue weighted by molar-refractivity contribution is 9.10. The van der Waals surface area contributed by atoms with E-state index in [2.05, 4.69) is 47.5 Å². The van der Waals surface area contributed by atoms with Gasteiger partial charge in [0.15, 0.2) is 6.67 Å². The van der Waals surface area contributed by atoms with E-state index in [9.17, 15) is 19.1 Å². The van der Waals surface area contributed by atoms with Crippen LogP contribution in [0.4, 0.5) is 15.8 Å². The van der Waals surface area contributed by atoms with Crippen molar-refractivity contribution in [3.8, 4) is 11.4 Å². The third kappa shape index (κ3) is 6.48. The monoisotopic (exact) mass is 632 g/mol. The number of H-pyrrole nitrogens is 2. The Labute approximate surface area is 245 Å². The second-order valence-electron chi connectivity index (χ2n) is 9.75. The molecule has 1 saturated heterocycles. The molecule has 9 nitrogen and oxygen atoms in total. The summed E-state index contributed by atoms with van der Waals surface area (Å²) in [7, 11) is 0. The van der Waals surface area contributed by atoms with Crippen molar-refractivity contribution in [3.05, 3.63) is 74.6 Å². The number of benzene rings is 2. The zero-order chi connectivity index (χ0) is 27.5. The highest BCUT2D eigenvalue weighted by atomic mass is 79.9. The first-order valence-electron chi connectivity index (χ1n) is 12.8. The highest BCUT2D eigenvalue weighted by Crippen LogP contribution is 2.30. The van der Waals surface area contributed by atoms with E-state index in [1.54, 1.807) is 12.3 Å². The molecule has 12 heteroatoms. The van der Waals surface area contributed by atoms with Gasteiger partial charge in [0.2, 0.25) is 0 Å². The number of anilines is 2. The summed E-state index contributed by atoms with van der Waals surface area (Å²) in [5.74, 6) is -0.137. The van der Waals surface area contributed by atoms with E-state index in [1.165, 1.54) is 0 Å². The number of amides is 1. The molecule has 1 atom stereocenters. The number of pyridine rings is 1. The van der Waals surface area contributed by atoms with Crippen molar-refractivity contribution in [2.75, 3.05) is 36.5 Å². The fraction of sp³-hybridized carbons (Fsp3) is 0.321. The molecule has 1 amide bonds. The van der Waals surface area contributed by atoms with Crippen LogP contribution in [0.15, 0.2) is 57.9 Å². The number of rotatable bonds is 8. The van der Waals surface area contributed by atoms with Crippen molar-refractivity contribution in [1.82, 2.24) is 20.3 Å². The number of carbonyl (C=O) groups excluding carboxylic acids is 1. The van der Waals surface area contributed by atoms with Crippen molar-refractivity contribution < 1.29 is 14.3 Å². The van der Waals surface area contributed by atoms with Crippen molar-refractivity contribution >= 4 is 56.7 Å². The van der Waals surface area contributed by atoms with Gasteiger partial charge < -0.3 is 30.6 Å². The Morgan fingerprint density at radius 2 is 2.02 bits per heavy atom. The van der Waals surface area contributed by atoms with Gasteiger partial charge in [-0.2, -0.15) is 0 Å². The van der Waals surface area contributed by atoms with E-state index < -0.39 is 18.7 Å². The predicted molar refractivity (Wildman–Crippen MR) is 161 cm³/mol.